The summed E-state index contributed by atoms with van der Waals surface area (Å²) < 4.78 is 6.00. The molecular formula is C24H38O6. The van der Waals surface area contributed by atoms with Crippen LogP contribution in [-0.2, 0) is 14.3 Å². The molecule has 0 amide bonds. The number of hydrogen-bond acceptors (Lipinski definition) is 5. The third-order valence-corrected chi connectivity index (χ3v) is 6.71. The minimum Gasteiger partial charge on any atom is -0.481 e. The number of aliphatic carboxylic acids is 1. The standard InChI is InChI=1S/C24H38O6/c1-5-15(3)24(29)30-21-11-14(2)10-17-7-6-16(4)20(23(17)21)9-8-18(25)12-19(26)13-22(27)28/h6-9,14-21,23,25-26H,5,10-13H2,1-4H3,(H,27,28)/b9-8+/t14-,15-,16+,17+,18+,19+,20+,21+,23+/m0/s1. The van der Waals surface area contributed by atoms with Crippen LogP contribution in [0.2, 0.25) is 0 Å². The number of carboxylic acids is 1. The Morgan fingerprint density at radius 3 is 2.53 bits per heavy atom. The van der Waals surface area contributed by atoms with Crippen molar-refractivity contribution in [2.45, 2.75) is 78.1 Å². The molecule has 0 unspecified atom stereocenters. The van der Waals surface area contributed by atoms with Crippen LogP contribution < -0.4 is 0 Å². The Hall–Kier alpha value is -1.66. The van der Waals surface area contributed by atoms with Crippen molar-refractivity contribution in [1.29, 1.82) is 0 Å². The Balaban J connectivity index is 2.15. The molecule has 0 aliphatic heterocycles. The first-order chi connectivity index (χ1) is 14.1. The molecule has 170 valence electrons. The van der Waals surface area contributed by atoms with E-state index >= 15 is 0 Å². The molecular weight excluding hydrogens is 384 g/mol. The van der Waals surface area contributed by atoms with Crippen LogP contribution in [0.4, 0.5) is 0 Å². The lowest BCUT2D eigenvalue weighted by Crippen LogP contribution is -2.45. The molecule has 3 N–H and O–H groups in total. The maximum Gasteiger partial charge on any atom is 0.308 e. The summed E-state index contributed by atoms with van der Waals surface area (Å²) in [6.45, 7) is 8.20. The summed E-state index contributed by atoms with van der Waals surface area (Å²) in [5.41, 5.74) is 0. The van der Waals surface area contributed by atoms with E-state index in [-0.39, 0.29) is 48.6 Å². The number of carbonyl (C=O) groups excluding carboxylic acids is 1. The van der Waals surface area contributed by atoms with E-state index in [0.29, 0.717) is 11.8 Å². The minimum atomic E-state index is -1.09. The average Bonchev–Trinajstić information content (AvgIpc) is 2.65. The fraction of sp³-hybridized carbons (Fsp3) is 0.750. The second-order valence-corrected chi connectivity index (χ2v) is 9.36. The second kappa shape index (κ2) is 11.1. The third-order valence-electron chi connectivity index (χ3n) is 6.71. The highest BCUT2D eigenvalue weighted by molar-refractivity contribution is 5.72. The Bertz CT molecular complexity index is 642. The molecule has 6 nitrogen and oxygen atoms in total. The van der Waals surface area contributed by atoms with Gasteiger partial charge in [0.15, 0.2) is 0 Å². The zero-order chi connectivity index (χ0) is 22.4. The van der Waals surface area contributed by atoms with Gasteiger partial charge >= 0.3 is 11.9 Å². The van der Waals surface area contributed by atoms with Crippen molar-refractivity contribution >= 4 is 11.9 Å². The van der Waals surface area contributed by atoms with Gasteiger partial charge in [0.1, 0.15) is 6.10 Å². The molecule has 0 aromatic carbocycles. The van der Waals surface area contributed by atoms with Crippen molar-refractivity contribution in [3.8, 4) is 0 Å². The SMILES string of the molecule is CC[C@H](C)C(=O)O[C@@H]1C[C@@H](C)C[C@H]2C=C[C@@H](C)[C@@H](/C=C/[C@@H](O)C[C@@H](O)CC(=O)O)[C@@H]21. The zero-order valence-electron chi connectivity index (χ0n) is 18.6. The number of ether oxygens (including phenoxy) is 1. The van der Waals surface area contributed by atoms with Gasteiger partial charge in [0, 0.05) is 12.3 Å². The van der Waals surface area contributed by atoms with Crippen molar-refractivity contribution in [3.63, 3.8) is 0 Å². The van der Waals surface area contributed by atoms with E-state index in [1.165, 1.54) is 0 Å². The lowest BCUT2D eigenvalue weighted by molar-refractivity contribution is -0.162. The number of fused-ring (bicyclic) bond motifs is 1. The van der Waals surface area contributed by atoms with Gasteiger partial charge < -0.3 is 20.1 Å². The number of carboxylic acid groups (broad SMARTS) is 1. The molecule has 2 aliphatic carbocycles. The van der Waals surface area contributed by atoms with E-state index in [9.17, 15) is 19.8 Å². The van der Waals surface area contributed by atoms with E-state index < -0.39 is 18.2 Å². The van der Waals surface area contributed by atoms with Gasteiger partial charge in [-0.1, -0.05) is 52.0 Å². The molecule has 0 spiro atoms. The van der Waals surface area contributed by atoms with Gasteiger partial charge in [0.05, 0.1) is 24.5 Å². The van der Waals surface area contributed by atoms with Crippen LogP contribution in [0.1, 0.15) is 59.8 Å². The number of aliphatic hydroxyl groups is 2. The van der Waals surface area contributed by atoms with Gasteiger partial charge in [-0.05, 0) is 42.9 Å². The topological polar surface area (TPSA) is 104 Å². The largest absolute Gasteiger partial charge is 0.481 e. The minimum absolute atomic E-state index is 0.0166. The van der Waals surface area contributed by atoms with Crippen molar-refractivity contribution in [2.24, 2.45) is 35.5 Å². The molecule has 9 atom stereocenters. The lowest BCUT2D eigenvalue weighted by Gasteiger charge is -2.46. The zero-order valence-corrected chi connectivity index (χ0v) is 18.6. The fourth-order valence-electron chi connectivity index (χ4n) is 4.85. The highest BCUT2D eigenvalue weighted by atomic mass is 16.5. The van der Waals surface area contributed by atoms with Gasteiger partial charge in [-0.2, -0.15) is 0 Å². The van der Waals surface area contributed by atoms with Crippen LogP contribution in [0, 0.1) is 35.5 Å². The van der Waals surface area contributed by atoms with E-state index in [4.69, 9.17) is 9.84 Å². The summed E-state index contributed by atoms with van der Waals surface area (Å²) in [6, 6.07) is 0. The Morgan fingerprint density at radius 1 is 1.20 bits per heavy atom. The smallest absolute Gasteiger partial charge is 0.308 e. The van der Waals surface area contributed by atoms with Crippen molar-refractivity contribution in [2.75, 3.05) is 0 Å². The maximum atomic E-state index is 12.5. The summed E-state index contributed by atoms with van der Waals surface area (Å²) in [5.74, 6) is -0.0628. The number of allylic oxidation sites excluding steroid dienone is 3. The van der Waals surface area contributed by atoms with Gasteiger partial charge in [-0.3, -0.25) is 9.59 Å². The summed E-state index contributed by atoms with van der Waals surface area (Å²) in [5, 5.41) is 28.8. The van der Waals surface area contributed by atoms with Crippen molar-refractivity contribution in [3.05, 3.63) is 24.3 Å². The molecule has 1 saturated carbocycles. The monoisotopic (exact) mass is 422 g/mol. The first-order valence-corrected chi connectivity index (χ1v) is 11.3. The summed E-state index contributed by atoms with van der Waals surface area (Å²) in [7, 11) is 0. The van der Waals surface area contributed by atoms with Crippen LogP contribution in [0.25, 0.3) is 0 Å². The fourth-order valence-corrected chi connectivity index (χ4v) is 4.85. The van der Waals surface area contributed by atoms with Crippen molar-refractivity contribution in [1.82, 2.24) is 0 Å². The molecule has 1 fully saturated rings. The van der Waals surface area contributed by atoms with Gasteiger partial charge in [0.25, 0.3) is 0 Å². The van der Waals surface area contributed by atoms with Gasteiger partial charge in [0.2, 0.25) is 0 Å². The van der Waals surface area contributed by atoms with Crippen LogP contribution in [0.3, 0.4) is 0 Å². The quantitative estimate of drug-likeness (QED) is 0.388. The molecule has 0 saturated heterocycles. The first-order valence-electron chi connectivity index (χ1n) is 11.3. The normalized spacial score (nSPS) is 34.2. The van der Waals surface area contributed by atoms with E-state index in [1.807, 2.05) is 19.9 Å². The number of rotatable bonds is 9. The number of hydrogen-bond donors (Lipinski definition) is 3. The number of aliphatic hydroxyl groups excluding tert-OH is 2. The predicted octanol–water partition coefficient (Wildman–Crippen LogP) is 3.57. The van der Waals surface area contributed by atoms with Crippen LogP contribution in [0.15, 0.2) is 24.3 Å². The molecule has 6 heteroatoms. The molecule has 0 heterocycles. The highest BCUT2D eigenvalue weighted by Gasteiger charge is 2.44. The molecule has 2 rings (SSSR count). The molecule has 0 aromatic heterocycles. The summed E-state index contributed by atoms with van der Waals surface area (Å²) >= 11 is 0. The molecule has 0 aromatic rings. The number of carbonyl (C=O) groups is 2. The first kappa shape index (κ1) is 24.6. The summed E-state index contributed by atoms with van der Waals surface area (Å²) in [6.07, 6.45) is 8.18. The third kappa shape index (κ3) is 6.67. The second-order valence-electron chi connectivity index (χ2n) is 9.36. The Labute approximate surface area is 180 Å². The van der Waals surface area contributed by atoms with E-state index in [2.05, 4.69) is 26.0 Å². The number of esters is 1. The predicted molar refractivity (Wildman–Crippen MR) is 115 cm³/mol. The molecule has 30 heavy (non-hydrogen) atoms. The molecule has 2 aliphatic rings. The average molecular weight is 423 g/mol. The Morgan fingerprint density at radius 2 is 1.90 bits per heavy atom. The molecule has 0 radical (unpaired) electrons. The van der Waals surface area contributed by atoms with E-state index in [0.717, 1.165) is 19.3 Å². The Kier molecular flexibility index (Phi) is 9.10. The molecule has 0 bridgehead atoms. The van der Waals surface area contributed by atoms with Gasteiger partial charge in [-0.25, -0.2) is 0 Å². The van der Waals surface area contributed by atoms with Crippen molar-refractivity contribution < 1.29 is 29.6 Å². The van der Waals surface area contributed by atoms with Gasteiger partial charge in [-0.15, -0.1) is 0 Å². The highest BCUT2D eigenvalue weighted by Crippen LogP contribution is 2.46. The maximum absolute atomic E-state index is 12.5. The van der Waals surface area contributed by atoms with Crippen LogP contribution in [-0.4, -0.2) is 45.6 Å². The van der Waals surface area contributed by atoms with Crippen LogP contribution >= 0.6 is 0 Å². The van der Waals surface area contributed by atoms with E-state index in [1.54, 1.807) is 6.08 Å². The summed E-state index contributed by atoms with van der Waals surface area (Å²) in [4.78, 5) is 23.2. The lowest BCUT2D eigenvalue weighted by atomic mass is 9.61. The van der Waals surface area contributed by atoms with Crippen LogP contribution in [0.5, 0.6) is 0 Å².